The van der Waals surface area contributed by atoms with E-state index < -0.39 is 23.3 Å². The summed E-state index contributed by atoms with van der Waals surface area (Å²) < 4.78 is 25.2. The van der Waals surface area contributed by atoms with Gasteiger partial charge in [0, 0.05) is 12.7 Å². The van der Waals surface area contributed by atoms with Gasteiger partial charge in [-0.15, -0.1) is 10.2 Å². The second-order valence-electron chi connectivity index (χ2n) is 5.17. The number of hydrogen-bond acceptors (Lipinski definition) is 6. The number of nitrogens with one attached hydrogen (secondary N) is 1. The number of carbonyl (C=O) groups is 1. The van der Waals surface area contributed by atoms with Crippen molar-refractivity contribution in [2.75, 3.05) is 14.2 Å². The first kappa shape index (κ1) is 16.0. The van der Waals surface area contributed by atoms with Crippen LogP contribution in [-0.4, -0.2) is 40.8 Å². The number of aromatic nitrogens is 4. The first-order valence-corrected chi connectivity index (χ1v) is 7.15. The van der Waals surface area contributed by atoms with Crippen LogP contribution in [0.5, 0.6) is 0 Å². The Kier molecular flexibility index (Phi) is 4.22. The van der Waals surface area contributed by atoms with Crippen LogP contribution < -0.4 is 0 Å². The van der Waals surface area contributed by atoms with Crippen molar-refractivity contribution in [3.63, 3.8) is 0 Å². The van der Waals surface area contributed by atoms with Gasteiger partial charge in [0.15, 0.2) is 5.60 Å². The van der Waals surface area contributed by atoms with Crippen molar-refractivity contribution in [2.24, 2.45) is 5.92 Å². The fraction of sp³-hybridized carbons (Fsp3) is 0.250. The Morgan fingerprint density at radius 2 is 2.04 bits per heavy atom. The van der Waals surface area contributed by atoms with Crippen molar-refractivity contribution in [3.05, 3.63) is 59.7 Å². The average Bonchev–Trinajstić information content (AvgIpc) is 3.16. The van der Waals surface area contributed by atoms with Gasteiger partial charge in [0.2, 0.25) is 5.82 Å². The summed E-state index contributed by atoms with van der Waals surface area (Å²) in [5, 5.41) is 13.5. The molecule has 1 aromatic carbocycles. The summed E-state index contributed by atoms with van der Waals surface area (Å²) in [7, 11) is 2.60. The molecule has 0 saturated heterocycles. The van der Waals surface area contributed by atoms with Crippen molar-refractivity contribution in [3.8, 4) is 0 Å². The standard InChI is InChI=1S/C16H15FN4O3/c1-23-14(22)12-8-11(10-6-4-3-5-7-10)13(17)9-16(12,24-2)15-18-20-21-19-15/h3-9,12H,1-2H3,(H,18,19,20,21). The quantitative estimate of drug-likeness (QED) is 0.860. The third-order valence-corrected chi connectivity index (χ3v) is 3.97. The number of ether oxygens (including phenoxy) is 2. The highest BCUT2D eigenvalue weighted by atomic mass is 19.1. The van der Waals surface area contributed by atoms with Gasteiger partial charge in [-0.3, -0.25) is 4.79 Å². The summed E-state index contributed by atoms with van der Waals surface area (Å²) in [5.74, 6) is -2.08. The molecule has 2 atom stereocenters. The number of benzene rings is 1. The SMILES string of the molecule is COC(=O)C1C=C(c2ccccc2)C(F)=CC1(OC)c1nn[nH]n1. The van der Waals surface area contributed by atoms with E-state index in [2.05, 4.69) is 20.6 Å². The highest BCUT2D eigenvalue weighted by Crippen LogP contribution is 2.43. The molecule has 1 aliphatic carbocycles. The minimum atomic E-state index is -1.54. The van der Waals surface area contributed by atoms with E-state index >= 15 is 0 Å². The van der Waals surface area contributed by atoms with Gasteiger partial charge in [0.1, 0.15) is 11.7 Å². The number of methoxy groups -OCH3 is 2. The number of halogens is 1. The Morgan fingerprint density at radius 3 is 2.62 bits per heavy atom. The summed E-state index contributed by atoms with van der Waals surface area (Å²) >= 11 is 0. The van der Waals surface area contributed by atoms with Crippen LogP contribution in [0.15, 0.2) is 48.3 Å². The minimum Gasteiger partial charge on any atom is -0.468 e. The lowest BCUT2D eigenvalue weighted by molar-refractivity contribution is -0.152. The minimum absolute atomic E-state index is 0.0407. The Morgan fingerprint density at radius 1 is 1.29 bits per heavy atom. The molecule has 1 heterocycles. The van der Waals surface area contributed by atoms with Gasteiger partial charge < -0.3 is 9.47 Å². The van der Waals surface area contributed by atoms with E-state index in [0.29, 0.717) is 5.56 Å². The summed E-state index contributed by atoms with van der Waals surface area (Å²) in [6.45, 7) is 0. The first-order chi connectivity index (χ1) is 11.6. The number of carbonyl (C=O) groups excluding carboxylic acids is 1. The number of allylic oxidation sites excluding steroid dienone is 2. The van der Waals surface area contributed by atoms with Crippen LogP contribution in [-0.2, 0) is 19.9 Å². The Bertz CT molecular complexity index is 789. The molecule has 0 spiro atoms. The lowest BCUT2D eigenvalue weighted by Gasteiger charge is -2.34. The third kappa shape index (κ3) is 2.50. The number of esters is 1. The molecule has 2 unspecified atom stereocenters. The van der Waals surface area contributed by atoms with Gasteiger partial charge in [0.25, 0.3) is 0 Å². The van der Waals surface area contributed by atoms with Crippen LogP contribution in [0.25, 0.3) is 5.57 Å². The summed E-state index contributed by atoms with van der Waals surface area (Å²) in [6, 6.07) is 8.90. The monoisotopic (exact) mass is 330 g/mol. The zero-order valence-electron chi connectivity index (χ0n) is 13.1. The molecule has 24 heavy (non-hydrogen) atoms. The molecule has 0 saturated carbocycles. The van der Waals surface area contributed by atoms with Gasteiger partial charge >= 0.3 is 5.97 Å². The van der Waals surface area contributed by atoms with Gasteiger partial charge in [-0.05, 0) is 11.6 Å². The highest BCUT2D eigenvalue weighted by molar-refractivity contribution is 5.86. The van der Waals surface area contributed by atoms with Gasteiger partial charge in [0.05, 0.1) is 7.11 Å². The van der Waals surface area contributed by atoms with E-state index in [9.17, 15) is 9.18 Å². The van der Waals surface area contributed by atoms with E-state index in [1.54, 1.807) is 24.3 Å². The van der Waals surface area contributed by atoms with Crippen LogP contribution in [0.2, 0.25) is 0 Å². The van der Waals surface area contributed by atoms with Crippen molar-refractivity contribution < 1.29 is 18.7 Å². The zero-order chi connectivity index (χ0) is 17.2. The number of H-pyrrole nitrogens is 1. The van der Waals surface area contributed by atoms with Crippen LogP contribution in [0.1, 0.15) is 11.4 Å². The maximum atomic E-state index is 14.8. The third-order valence-electron chi connectivity index (χ3n) is 3.97. The lowest BCUT2D eigenvalue weighted by atomic mass is 9.79. The van der Waals surface area contributed by atoms with Gasteiger partial charge in [-0.1, -0.05) is 41.6 Å². The molecule has 3 rings (SSSR count). The number of tetrazole rings is 1. The largest absolute Gasteiger partial charge is 0.468 e. The van der Waals surface area contributed by atoms with Crippen LogP contribution in [0.4, 0.5) is 4.39 Å². The maximum Gasteiger partial charge on any atom is 0.316 e. The number of aromatic amines is 1. The molecular formula is C16H15FN4O3. The predicted molar refractivity (Wildman–Crippen MR) is 82.0 cm³/mol. The maximum absolute atomic E-state index is 14.8. The fourth-order valence-electron chi connectivity index (χ4n) is 2.76. The zero-order valence-corrected chi connectivity index (χ0v) is 13.1. The normalized spacial score (nSPS) is 23.4. The molecule has 124 valence electrons. The smallest absolute Gasteiger partial charge is 0.316 e. The fourth-order valence-corrected chi connectivity index (χ4v) is 2.76. The molecular weight excluding hydrogens is 315 g/mol. The van der Waals surface area contributed by atoms with Crippen molar-refractivity contribution in [2.45, 2.75) is 5.60 Å². The van der Waals surface area contributed by atoms with E-state index in [4.69, 9.17) is 9.47 Å². The number of nitrogens with zero attached hydrogens (tertiary/aromatic N) is 3. The van der Waals surface area contributed by atoms with Gasteiger partial charge in [-0.2, -0.15) is 5.21 Å². The first-order valence-electron chi connectivity index (χ1n) is 7.15. The Labute approximate surface area is 137 Å². The van der Waals surface area contributed by atoms with Crippen LogP contribution in [0.3, 0.4) is 0 Å². The average molecular weight is 330 g/mol. The molecule has 0 aliphatic heterocycles. The molecule has 1 aromatic heterocycles. The molecule has 0 radical (unpaired) electrons. The van der Waals surface area contributed by atoms with Crippen molar-refractivity contribution >= 4 is 11.5 Å². The van der Waals surface area contributed by atoms with Crippen molar-refractivity contribution in [1.29, 1.82) is 0 Å². The van der Waals surface area contributed by atoms with E-state index in [0.717, 1.165) is 0 Å². The molecule has 0 bridgehead atoms. The van der Waals surface area contributed by atoms with E-state index in [1.807, 2.05) is 6.07 Å². The van der Waals surface area contributed by atoms with Crippen LogP contribution >= 0.6 is 0 Å². The molecule has 1 aliphatic rings. The summed E-state index contributed by atoms with van der Waals surface area (Å²) in [4.78, 5) is 12.3. The number of hydrogen-bond donors (Lipinski definition) is 1. The topological polar surface area (TPSA) is 90.0 Å². The highest BCUT2D eigenvalue weighted by Gasteiger charge is 2.49. The molecule has 8 heteroatoms. The Balaban J connectivity index is 2.16. The van der Waals surface area contributed by atoms with Crippen LogP contribution in [0, 0.1) is 5.92 Å². The predicted octanol–water partition coefficient (Wildman–Crippen LogP) is 1.78. The number of rotatable bonds is 4. The molecule has 2 aromatic rings. The second-order valence-corrected chi connectivity index (χ2v) is 5.17. The summed E-state index contributed by atoms with van der Waals surface area (Å²) in [5.41, 5.74) is -0.622. The van der Waals surface area contributed by atoms with Crippen molar-refractivity contribution in [1.82, 2.24) is 20.6 Å². The van der Waals surface area contributed by atoms with Gasteiger partial charge in [-0.25, -0.2) is 4.39 Å². The Hall–Kier alpha value is -2.87. The lowest BCUT2D eigenvalue weighted by Crippen LogP contribution is -2.42. The van der Waals surface area contributed by atoms with E-state index in [1.165, 1.54) is 26.4 Å². The molecule has 7 nitrogen and oxygen atoms in total. The summed E-state index contributed by atoms with van der Waals surface area (Å²) in [6.07, 6.45) is 2.65. The molecule has 0 fully saturated rings. The molecule has 1 N–H and O–H groups in total. The van der Waals surface area contributed by atoms with E-state index in [-0.39, 0.29) is 11.4 Å². The molecule has 0 amide bonds. The second kappa shape index (κ2) is 6.32.